The summed E-state index contributed by atoms with van der Waals surface area (Å²) < 4.78 is 17.2. The fourth-order valence-corrected chi connectivity index (χ4v) is 10.1. The summed E-state index contributed by atoms with van der Waals surface area (Å²) in [6.45, 7) is 13.2. The third-order valence-corrected chi connectivity index (χ3v) is 14.7. The van der Waals surface area contributed by atoms with Gasteiger partial charge in [-0.1, -0.05) is 84.7 Å². The van der Waals surface area contributed by atoms with Crippen LogP contribution in [0.4, 0.5) is 5.69 Å². The van der Waals surface area contributed by atoms with Gasteiger partial charge in [0.15, 0.2) is 18.8 Å². The second-order valence-electron chi connectivity index (χ2n) is 20.7. The van der Waals surface area contributed by atoms with Gasteiger partial charge in [0, 0.05) is 56.4 Å². The number of carboxylic acid groups (broad SMARTS) is 2. The predicted octanol–water partition coefficient (Wildman–Crippen LogP) is 3.61. The van der Waals surface area contributed by atoms with Gasteiger partial charge in [-0.05, 0) is 54.9 Å². The van der Waals surface area contributed by atoms with Crippen LogP contribution in [-0.4, -0.2) is 164 Å². The molecule has 0 radical (unpaired) electrons. The van der Waals surface area contributed by atoms with Crippen LogP contribution in [-0.2, 0) is 51.2 Å². The highest BCUT2D eigenvalue weighted by atomic mass is 32.1. The van der Waals surface area contributed by atoms with Crippen LogP contribution in [0.15, 0.2) is 53.9 Å². The highest BCUT2D eigenvalue weighted by Gasteiger charge is 2.48. The van der Waals surface area contributed by atoms with Gasteiger partial charge in [-0.25, -0.2) is 9.78 Å². The van der Waals surface area contributed by atoms with E-state index in [0.717, 1.165) is 29.7 Å². The van der Waals surface area contributed by atoms with Crippen LogP contribution >= 0.6 is 11.3 Å². The minimum absolute atomic E-state index is 0.0202. The molecule has 1 aliphatic rings. The number of carbonyl (C=O) groups excluding carboxylic acids is 5. The highest BCUT2D eigenvalue weighted by Crippen LogP contribution is 2.34. The van der Waals surface area contributed by atoms with Crippen LogP contribution in [0.3, 0.4) is 0 Å². The summed E-state index contributed by atoms with van der Waals surface area (Å²) in [5.41, 5.74) is 7.36. The van der Waals surface area contributed by atoms with E-state index < -0.39 is 96.5 Å². The van der Waals surface area contributed by atoms with Gasteiger partial charge in [0.25, 0.3) is 11.8 Å². The molecule has 1 aliphatic heterocycles. The monoisotopic (exact) mass is 1100 g/mol. The number of anilines is 1. The maximum absolute atomic E-state index is 14.8. The number of carbonyl (C=O) groups is 7. The van der Waals surface area contributed by atoms with Crippen molar-refractivity contribution < 1.29 is 77.8 Å². The summed E-state index contributed by atoms with van der Waals surface area (Å²) >= 11 is 1.12. The topological polar surface area (TPSA) is 327 Å². The van der Waals surface area contributed by atoms with E-state index in [2.05, 4.69) is 20.9 Å². The number of ether oxygens (including phenoxy) is 3. The van der Waals surface area contributed by atoms with Crippen molar-refractivity contribution in [3.05, 3.63) is 75.7 Å². The van der Waals surface area contributed by atoms with Crippen LogP contribution in [0, 0.1) is 17.8 Å². The number of esters is 1. The Labute approximate surface area is 454 Å². The molecule has 22 nitrogen and oxygen atoms in total. The number of likely N-dealkylation sites (N-methyl/N-ethyl adjacent to an activating group) is 2. The fourth-order valence-electron chi connectivity index (χ4n) is 9.24. The van der Waals surface area contributed by atoms with Crippen molar-refractivity contribution in [2.75, 3.05) is 39.0 Å². The number of nitrogens with one attached hydrogen (secondary N) is 3. The third kappa shape index (κ3) is 18.5. The summed E-state index contributed by atoms with van der Waals surface area (Å²) in [6.07, 6.45) is -7.73. The number of carboxylic acids is 2. The summed E-state index contributed by atoms with van der Waals surface area (Å²) in [5, 5.41) is 61.1. The first-order valence-electron chi connectivity index (χ1n) is 26.1. The van der Waals surface area contributed by atoms with Crippen molar-refractivity contribution in [1.82, 2.24) is 20.5 Å². The van der Waals surface area contributed by atoms with Crippen molar-refractivity contribution in [3.63, 3.8) is 0 Å². The van der Waals surface area contributed by atoms with Crippen molar-refractivity contribution >= 4 is 58.6 Å². The zero-order chi connectivity index (χ0) is 57.3. The summed E-state index contributed by atoms with van der Waals surface area (Å²) in [7, 11) is 3.53. The van der Waals surface area contributed by atoms with Gasteiger partial charge in [-0.2, -0.15) is 0 Å². The van der Waals surface area contributed by atoms with E-state index in [1.807, 2.05) is 72.0 Å². The number of benzene rings is 2. The first kappa shape index (κ1) is 63.5. The molecule has 2 aromatic carbocycles. The second-order valence-corrected chi connectivity index (χ2v) is 21.6. The maximum Gasteiger partial charge on any atom is 0.335 e. The maximum atomic E-state index is 14.8. The largest absolute Gasteiger partial charge is 0.481 e. The molecule has 4 amide bonds. The number of unbranched alkanes of at least 4 members (excludes halogenated alkanes) is 1. The lowest BCUT2D eigenvalue weighted by molar-refractivity contribution is -0.915. The lowest BCUT2D eigenvalue weighted by Gasteiger charge is -2.38. The minimum Gasteiger partial charge on any atom is -0.481 e. The van der Waals surface area contributed by atoms with E-state index in [9.17, 15) is 59.1 Å². The van der Waals surface area contributed by atoms with Gasteiger partial charge in [-0.3, -0.25) is 28.8 Å². The summed E-state index contributed by atoms with van der Waals surface area (Å²) in [6, 6.07) is 12.1. The predicted molar refractivity (Wildman–Crippen MR) is 285 cm³/mol. The fraction of sp³-hybridized carbons (Fsp3) is 0.593. The second kappa shape index (κ2) is 29.6. The summed E-state index contributed by atoms with van der Waals surface area (Å²) in [4.78, 5) is 98.0. The molecule has 0 aliphatic carbocycles. The molecule has 2 heterocycles. The molecule has 1 aromatic heterocycles. The first-order chi connectivity index (χ1) is 36.3. The minimum atomic E-state index is -1.95. The van der Waals surface area contributed by atoms with Crippen LogP contribution in [0.25, 0.3) is 0 Å². The molecule has 77 heavy (non-hydrogen) atoms. The Hall–Kier alpha value is -6.08. The van der Waals surface area contributed by atoms with Gasteiger partial charge in [0.05, 0.1) is 25.2 Å². The lowest BCUT2D eigenvalue weighted by atomic mass is 9.93. The number of hydrogen-bond donors (Lipinski definition) is 9. The van der Waals surface area contributed by atoms with E-state index in [0.29, 0.717) is 30.0 Å². The lowest BCUT2D eigenvalue weighted by Crippen LogP contribution is -2.61. The number of thiazole rings is 1. The number of nitrogens with zero attached hydrogens (tertiary/aromatic N) is 3. The van der Waals surface area contributed by atoms with Crippen LogP contribution in [0.2, 0.25) is 0 Å². The molecule has 426 valence electrons. The Morgan fingerprint density at radius 1 is 0.909 bits per heavy atom. The zero-order valence-corrected chi connectivity index (χ0v) is 46.4. The quantitative estimate of drug-likeness (QED) is 0.0340. The average molecular weight is 1100 g/mol. The van der Waals surface area contributed by atoms with Crippen LogP contribution < -0.4 is 26.4 Å². The van der Waals surface area contributed by atoms with E-state index in [4.69, 9.17) is 19.9 Å². The number of quaternary nitrogens is 1. The van der Waals surface area contributed by atoms with Gasteiger partial charge in [0.2, 0.25) is 18.1 Å². The number of nitrogens with two attached hydrogens (primary N) is 1. The molecule has 0 saturated carbocycles. The molecular formula is C54H80N7O15S+. The molecule has 1 fully saturated rings. The van der Waals surface area contributed by atoms with Gasteiger partial charge >= 0.3 is 17.9 Å². The van der Waals surface area contributed by atoms with E-state index in [-0.39, 0.29) is 78.3 Å². The Kier molecular flexibility index (Phi) is 24.4. The van der Waals surface area contributed by atoms with Gasteiger partial charge < -0.3 is 70.8 Å². The molecule has 0 spiro atoms. The molecule has 4 rings (SSSR count). The molecule has 3 aromatic rings. The molecule has 0 bridgehead atoms. The Morgan fingerprint density at radius 2 is 1.60 bits per heavy atom. The Morgan fingerprint density at radius 3 is 2.19 bits per heavy atom. The number of rotatable bonds is 30. The zero-order valence-electron chi connectivity index (χ0n) is 45.5. The van der Waals surface area contributed by atoms with E-state index in [1.165, 1.54) is 13.0 Å². The SMILES string of the molecule is CCCC[N+](C)(CC(=O)N[C@H](C(=O)N(C)[C@H](C[C@@H](OC(C)=O)c1nc(C(=O)N[C@@H](Cc2ccccc2)C[C@H](C)C(=O)O)cs1)C(C)C)[C@@H](C)CC)Cc1ccc(O[C@@H]2O[C@H](C(=O)O)[C@@H](O)[C@H](O)[C@H]2O)c(NC(=O)CCN)c1. The van der Waals surface area contributed by atoms with E-state index >= 15 is 0 Å². The van der Waals surface area contributed by atoms with Crippen molar-refractivity contribution in [2.24, 2.45) is 23.5 Å². The Bertz CT molecular complexity index is 2460. The summed E-state index contributed by atoms with van der Waals surface area (Å²) in [5.74, 6) is -6.26. The highest BCUT2D eigenvalue weighted by molar-refractivity contribution is 7.09. The first-order valence-corrected chi connectivity index (χ1v) is 27.0. The number of amides is 4. The molecule has 1 unspecified atom stereocenters. The third-order valence-electron chi connectivity index (χ3n) is 13.8. The van der Waals surface area contributed by atoms with Gasteiger partial charge in [-0.15, -0.1) is 11.3 Å². The van der Waals surface area contributed by atoms with Crippen LogP contribution in [0.5, 0.6) is 5.75 Å². The van der Waals surface area contributed by atoms with Gasteiger partial charge in [0.1, 0.15) is 47.3 Å². The van der Waals surface area contributed by atoms with Crippen molar-refractivity contribution in [3.8, 4) is 5.75 Å². The number of aliphatic hydroxyl groups excluding tert-OH is 3. The average Bonchev–Trinajstić information content (AvgIpc) is 3.87. The standard InChI is InChI=1S/C54H79N7O15S/c1-10-12-22-61(9,27-35-18-19-40(37(25-35)57-42(63)20-21-55)75-54-47(67)45(65)46(66)48(76-54)53(72)73)28-43(64)59-44(31(5)11-2)51(69)60(8)39(30(3)4)26-41(74-33(7)62)50-58-38(29-77-50)49(68)56-36(23-32(6)52(70)71)24-34-16-14-13-15-17-34/h13-19,25,29-32,36,39,41,44-48,54,65-67H,10-12,20-24,26-28,55H2,1-9H3,(H4-,56,57,59,63,64,68,70,71,72,73)/p+1/t31-,32-,36+,39+,41+,44-,45-,46-,47+,48-,54+,61?/m0/s1. The van der Waals surface area contributed by atoms with E-state index in [1.54, 1.807) is 36.4 Å². The van der Waals surface area contributed by atoms with Crippen molar-refractivity contribution in [1.29, 1.82) is 0 Å². The number of aliphatic carboxylic acids is 2. The smallest absolute Gasteiger partial charge is 0.335 e. The Balaban J connectivity index is 1.56. The number of hydrogen-bond acceptors (Lipinski definition) is 16. The number of aliphatic hydroxyl groups is 3. The normalized spacial score (nSPS) is 20.5. The van der Waals surface area contributed by atoms with Crippen LogP contribution in [0.1, 0.15) is 120 Å². The number of aromatic nitrogens is 1. The molecule has 1 saturated heterocycles. The molecule has 12 atom stereocenters. The molecular weight excluding hydrogens is 1020 g/mol. The molecule has 10 N–H and O–H groups in total. The van der Waals surface area contributed by atoms with Crippen molar-refractivity contribution in [2.45, 2.75) is 155 Å². The molecule has 23 heteroatoms.